The first-order chi connectivity index (χ1) is 9.56. The van der Waals surface area contributed by atoms with Crippen molar-refractivity contribution in [1.82, 2.24) is 5.32 Å². The second-order valence-electron chi connectivity index (χ2n) is 5.32. The Morgan fingerprint density at radius 3 is 2.75 bits per heavy atom. The van der Waals surface area contributed by atoms with Crippen molar-refractivity contribution in [1.29, 1.82) is 0 Å². The van der Waals surface area contributed by atoms with E-state index in [-0.39, 0.29) is 17.1 Å². The van der Waals surface area contributed by atoms with Crippen LogP contribution in [0.5, 0.6) is 0 Å². The first-order valence-corrected chi connectivity index (χ1v) is 6.98. The zero-order valence-corrected chi connectivity index (χ0v) is 12.0. The van der Waals surface area contributed by atoms with Gasteiger partial charge in [0.2, 0.25) is 0 Å². The van der Waals surface area contributed by atoms with Gasteiger partial charge in [0.05, 0.1) is 11.3 Å². The highest BCUT2D eigenvalue weighted by Gasteiger charge is 2.30. The van der Waals surface area contributed by atoms with Crippen LogP contribution in [0, 0.1) is 5.82 Å². The van der Waals surface area contributed by atoms with E-state index < -0.39 is 5.82 Å². The number of para-hydroxylation sites is 1. The zero-order valence-electron chi connectivity index (χ0n) is 12.0. The summed E-state index contributed by atoms with van der Waals surface area (Å²) in [6.45, 7) is 5.71. The van der Waals surface area contributed by atoms with Gasteiger partial charge in [0.25, 0.3) is 5.91 Å². The summed E-state index contributed by atoms with van der Waals surface area (Å²) in [5.41, 5.74) is 0.327. The van der Waals surface area contributed by atoms with E-state index in [0.29, 0.717) is 25.3 Å². The Labute approximate surface area is 118 Å². The van der Waals surface area contributed by atoms with Crippen molar-refractivity contribution in [2.24, 2.45) is 0 Å². The van der Waals surface area contributed by atoms with Crippen molar-refractivity contribution in [2.75, 3.05) is 25.1 Å². The number of hydrogen-bond acceptors (Lipinski definition) is 3. The molecule has 1 amide bonds. The first kappa shape index (κ1) is 14.8. The van der Waals surface area contributed by atoms with E-state index in [1.54, 1.807) is 12.1 Å². The van der Waals surface area contributed by atoms with Crippen LogP contribution in [0.4, 0.5) is 10.1 Å². The maximum atomic E-state index is 13.8. The number of carbonyl (C=O) groups excluding carboxylic acids is 1. The maximum absolute atomic E-state index is 13.8. The van der Waals surface area contributed by atoms with Gasteiger partial charge in [0.1, 0.15) is 5.82 Å². The molecule has 0 radical (unpaired) electrons. The lowest BCUT2D eigenvalue weighted by molar-refractivity contribution is 0.0423. The monoisotopic (exact) mass is 280 g/mol. The second kappa shape index (κ2) is 6.22. The molecule has 20 heavy (non-hydrogen) atoms. The van der Waals surface area contributed by atoms with Crippen molar-refractivity contribution in [3.8, 4) is 0 Å². The fourth-order valence-electron chi connectivity index (χ4n) is 2.36. The molecule has 4 nitrogen and oxygen atoms in total. The molecule has 0 atom stereocenters. The molecule has 0 aromatic heterocycles. The van der Waals surface area contributed by atoms with Crippen LogP contribution in [0.1, 0.15) is 37.0 Å². The third-order valence-corrected chi connectivity index (χ3v) is 3.62. The Kier molecular flexibility index (Phi) is 4.60. The average molecular weight is 280 g/mol. The van der Waals surface area contributed by atoms with Gasteiger partial charge in [-0.2, -0.15) is 0 Å². The first-order valence-electron chi connectivity index (χ1n) is 6.98. The SMILES string of the molecule is CCNc1c(F)cccc1C(=O)NC1(C)CCOCC1. The van der Waals surface area contributed by atoms with Crippen molar-refractivity contribution >= 4 is 11.6 Å². The van der Waals surface area contributed by atoms with Gasteiger partial charge in [-0.25, -0.2) is 4.39 Å². The van der Waals surface area contributed by atoms with E-state index in [9.17, 15) is 9.18 Å². The van der Waals surface area contributed by atoms with E-state index in [4.69, 9.17) is 4.74 Å². The fourth-order valence-corrected chi connectivity index (χ4v) is 2.36. The molecule has 0 spiro atoms. The number of amides is 1. The molecule has 1 saturated heterocycles. The number of halogens is 1. The average Bonchev–Trinajstić information content (AvgIpc) is 2.41. The van der Waals surface area contributed by atoms with E-state index in [1.165, 1.54) is 6.07 Å². The lowest BCUT2D eigenvalue weighted by atomic mass is 9.92. The van der Waals surface area contributed by atoms with Crippen molar-refractivity contribution in [3.63, 3.8) is 0 Å². The minimum atomic E-state index is -0.406. The number of nitrogens with one attached hydrogen (secondary N) is 2. The van der Waals surface area contributed by atoms with Crippen LogP contribution < -0.4 is 10.6 Å². The van der Waals surface area contributed by atoms with Crippen molar-refractivity contribution in [2.45, 2.75) is 32.2 Å². The molecule has 110 valence electrons. The van der Waals surface area contributed by atoms with Gasteiger partial charge in [0.15, 0.2) is 0 Å². The molecule has 2 rings (SSSR count). The van der Waals surface area contributed by atoms with E-state index >= 15 is 0 Å². The van der Waals surface area contributed by atoms with Crippen LogP contribution in [-0.4, -0.2) is 31.2 Å². The number of hydrogen-bond donors (Lipinski definition) is 2. The fraction of sp³-hybridized carbons (Fsp3) is 0.533. The van der Waals surface area contributed by atoms with E-state index in [1.807, 2.05) is 13.8 Å². The smallest absolute Gasteiger partial charge is 0.253 e. The lowest BCUT2D eigenvalue weighted by Gasteiger charge is -2.34. The van der Waals surface area contributed by atoms with Crippen LogP contribution in [0.25, 0.3) is 0 Å². The van der Waals surface area contributed by atoms with Gasteiger partial charge in [-0.3, -0.25) is 4.79 Å². The molecule has 5 heteroatoms. The van der Waals surface area contributed by atoms with E-state index in [2.05, 4.69) is 10.6 Å². The Morgan fingerprint density at radius 2 is 2.10 bits per heavy atom. The summed E-state index contributed by atoms with van der Waals surface area (Å²) >= 11 is 0. The molecular formula is C15H21FN2O2. The molecule has 0 bridgehead atoms. The highest BCUT2D eigenvalue weighted by atomic mass is 19.1. The van der Waals surface area contributed by atoms with Crippen LogP contribution >= 0.6 is 0 Å². The molecule has 0 saturated carbocycles. The summed E-state index contributed by atoms with van der Waals surface area (Å²) in [5.74, 6) is -0.651. The summed E-state index contributed by atoms with van der Waals surface area (Å²) in [4.78, 5) is 12.4. The Hall–Kier alpha value is -1.62. The van der Waals surface area contributed by atoms with Gasteiger partial charge in [-0.05, 0) is 38.8 Å². The van der Waals surface area contributed by atoms with Crippen molar-refractivity contribution < 1.29 is 13.9 Å². The van der Waals surface area contributed by atoms with Gasteiger partial charge in [-0.1, -0.05) is 6.07 Å². The molecule has 1 aromatic rings. The summed E-state index contributed by atoms with van der Waals surface area (Å²) in [7, 11) is 0. The second-order valence-corrected chi connectivity index (χ2v) is 5.32. The maximum Gasteiger partial charge on any atom is 0.253 e. The molecule has 1 heterocycles. The Balaban J connectivity index is 2.18. The highest BCUT2D eigenvalue weighted by molar-refractivity contribution is 6.00. The molecule has 0 aliphatic carbocycles. The molecule has 1 aliphatic rings. The topological polar surface area (TPSA) is 50.4 Å². The van der Waals surface area contributed by atoms with Gasteiger partial charge >= 0.3 is 0 Å². The number of benzene rings is 1. The predicted octanol–water partition coefficient (Wildman–Crippen LogP) is 2.56. The summed E-state index contributed by atoms with van der Waals surface area (Å²) in [6, 6.07) is 4.54. The van der Waals surface area contributed by atoms with Gasteiger partial charge in [-0.15, -0.1) is 0 Å². The van der Waals surface area contributed by atoms with Crippen LogP contribution in [-0.2, 0) is 4.74 Å². The number of rotatable bonds is 4. The van der Waals surface area contributed by atoms with Crippen LogP contribution in [0.3, 0.4) is 0 Å². The van der Waals surface area contributed by atoms with E-state index in [0.717, 1.165) is 12.8 Å². The molecule has 0 unspecified atom stereocenters. The zero-order chi connectivity index (χ0) is 14.6. The Bertz CT molecular complexity index is 485. The minimum absolute atomic E-state index is 0.246. The van der Waals surface area contributed by atoms with Gasteiger partial charge in [0, 0.05) is 25.3 Å². The number of anilines is 1. The standard InChI is InChI=1S/C15H21FN2O2/c1-3-17-13-11(5-4-6-12(13)16)14(19)18-15(2)7-9-20-10-8-15/h4-6,17H,3,7-10H2,1-2H3,(H,18,19). The molecule has 1 aliphatic heterocycles. The molecule has 1 fully saturated rings. The number of carbonyl (C=O) groups is 1. The predicted molar refractivity (Wildman–Crippen MR) is 76.5 cm³/mol. The van der Waals surface area contributed by atoms with Gasteiger partial charge < -0.3 is 15.4 Å². The highest BCUT2D eigenvalue weighted by Crippen LogP contribution is 2.23. The third kappa shape index (κ3) is 3.28. The third-order valence-electron chi connectivity index (χ3n) is 3.62. The summed E-state index contributed by atoms with van der Waals surface area (Å²) in [5, 5.41) is 5.93. The lowest BCUT2D eigenvalue weighted by Crippen LogP contribution is -2.49. The number of ether oxygens (including phenoxy) is 1. The molecular weight excluding hydrogens is 259 g/mol. The summed E-state index contributed by atoms with van der Waals surface area (Å²) < 4.78 is 19.1. The summed E-state index contributed by atoms with van der Waals surface area (Å²) in [6.07, 6.45) is 1.54. The quantitative estimate of drug-likeness (QED) is 0.891. The Morgan fingerprint density at radius 1 is 1.40 bits per heavy atom. The van der Waals surface area contributed by atoms with Crippen LogP contribution in [0.2, 0.25) is 0 Å². The van der Waals surface area contributed by atoms with Crippen LogP contribution in [0.15, 0.2) is 18.2 Å². The molecule has 2 N–H and O–H groups in total. The van der Waals surface area contributed by atoms with Crippen molar-refractivity contribution in [3.05, 3.63) is 29.6 Å². The normalized spacial score (nSPS) is 17.6. The largest absolute Gasteiger partial charge is 0.382 e. The molecule has 1 aromatic carbocycles. The minimum Gasteiger partial charge on any atom is -0.382 e.